The third-order valence-corrected chi connectivity index (χ3v) is 6.09. The van der Waals surface area contributed by atoms with Crippen molar-refractivity contribution in [2.75, 3.05) is 6.54 Å². The quantitative estimate of drug-likeness (QED) is 0.386. The zero-order valence-corrected chi connectivity index (χ0v) is 19.9. The molecule has 1 saturated heterocycles. The molecule has 1 fully saturated rings. The summed E-state index contributed by atoms with van der Waals surface area (Å²) in [5, 5.41) is 5.51. The molecule has 0 saturated carbocycles. The fourth-order valence-corrected chi connectivity index (χ4v) is 4.24. The summed E-state index contributed by atoms with van der Waals surface area (Å²) in [6.45, 7) is 2.02. The van der Waals surface area contributed by atoms with E-state index in [9.17, 15) is 19.2 Å². The van der Waals surface area contributed by atoms with E-state index in [1.807, 2.05) is 60.7 Å². The summed E-state index contributed by atoms with van der Waals surface area (Å²) in [7, 11) is 0. The minimum atomic E-state index is -0.963. The van der Waals surface area contributed by atoms with Gasteiger partial charge in [-0.3, -0.25) is 19.2 Å². The molecule has 0 spiro atoms. The van der Waals surface area contributed by atoms with Crippen LogP contribution in [0, 0.1) is 0 Å². The summed E-state index contributed by atoms with van der Waals surface area (Å²) in [5.41, 5.74) is 13.0. The van der Waals surface area contributed by atoms with Gasteiger partial charge in [-0.2, -0.15) is 0 Å². The van der Waals surface area contributed by atoms with Gasteiger partial charge in [-0.05, 0) is 30.9 Å². The van der Waals surface area contributed by atoms with Crippen LogP contribution in [0.15, 0.2) is 60.7 Å². The Morgan fingerprint density at radius 2 is 1.46 bits per heavy atom. The Hall–Kier alpha value is -3.72. The van der Waals surface area contributed by atoms with Gasteiger partial charge in [0, 0.05) is 19.4 Å². The smallest absolute Gasteiger partial charge is 0.243 e. The van der Waals surface area contributed by atoms with Crippen LogP contribution in [0.5, 0.6) is 0 Å². The monoisotopic (exact) mass is 479 g/mol. The van der Waals surface area contributed by atoms with E-state index in [1.54, 1.807) is 6.92 Å². The van der Waals surface area contributed by atoms with Crippen molar-refractivity contribution in [3.05, 3.63) is 71.8 Å². The van der Waals surface area contributed by atoms with Crippen LogP contribution in [0.3, 0.4) is 0 Å². The van der Waals surface area contributed by atoms with Crippen molar-refractivity contribution < 1.29 is 19.2 Å². The number of primary amides is 1. The maximum atomic E-state index is 13.3. The largest absolute Gasteiger partial charge is 0.368 e. The highest BCUT2D eigenvalue weighted by Gasteiger charge is 2.37. The molecule has 0 unspecified atom stereocenters. The Morgan fingerprint density at radius 3 is 1.97 bits per heavy atom. The lowest BCUT2D eigenvalue weighted by Gasteiger charge is -2.28. The van der Waals surface area contributed by atoms with Crippen LogP contribution in [0.4, 0.5) is 0 Å². The van der Waals surface area contributed by atoms with Gasteiger partial charge in [0.25, 0.3) is 0 Å². The molecule has 1 heterocycles. The van der Waals surface area contributed by atoms with Crippen LogP contribution in [0.1, 0.15) is 30.9 Å². The van der Waals surface area contributed by atoms with Gasteiger partial charge in [-0.25, -0.2) is 0 Å². The Morgan fingerprint density at radius 1 is 0.914 bits per heavy atom. The van der Waals surface area contributed by atoms with Crippen molar-refractivity contribution in [2.45, 2.75) is 56.8 Å². The highest BCUT2D eigenvalue weighted by Crippen LogP contribution is 2.19. The number of nitrogens with two attached hydrogens (primary N) is 2. The molecular formula is C26H33N5O4. The van der Waals surface area contributed by atoms with Crippen molar-refractivity contribution >= 4 is 23.6 Å². The standard InChI is InChI=1S/C26H33N5O4/c1-17(27)26(35)31-14-8-13-22(31)25(34)30-21(16-19-11-6-3-7-12-19)24(33)29-20(23(28)32)15-18-9-4-2-5-10-18/h2-7,9-12,17,20-22H,8,13-16,27H2,1H3,(H2,28,32)(H,29,33)(H,30,34)/t17-,20-,21-,22-/m0/s1. The number of carbonyl (C=O) groups excluding carboxylic acids is 4. The summed E-state index contributed by atoms with van der Waals surface area (Å²) < 4.78 is 0. The van der Waals surface area contributed by atoms with Gasteiger partial charge in [0.05, 0.1) is 6.04 Å². The molecule has 0 aliphatic carbocycles. The van der Waals surface area contributed by atoms with Gasteiger partial charge in [0.15, 0.2) is 0 Å². The van der Waals surface area contributed by atoms with Crippen molar-refractivity contribution in [3.8, 4) is 0 Å². The van der Waals surface area contributed by atoms with Crippen molar-refractivity contribution in [3.63, 3.8) is 0 Å². The fourth-order valence-electron chi connectivity index (χ4n) is 4.24. The van der Waals surface area contributed by atoms with E-state index in [0.29, 0.717) is 19.4 Å². The Labute approximate surface area is 205 Å². The summed E-state index contributed by atoms with van der Waals surface area (Å²) in [6.07, 6.45) is 1.60. The minimum Gasteiger partial charge on any atom is -0.368 e. The number of amides is 4. The zero-order chi connectivity index (χ0) is 25.4. The van der Waals surface area contributed by atoms with Gasteiger partial charge in [0.2, 0.25) is 23.6 Å². The maximum absolute atomic E-state index is 13.3. The Balaban J connectivity index is 1.76. The molecule has 3 rings (SSSR count). The molecule has 4 atom stereocenters. The maximum Gasteiger partial charge on any atom is 0.243 e. The lowest BCUT2D eigenvalue weighted by molar-refractivity contribution is -0.140. The second-order valence-electron chi connectivity index (χ2n) is 8.88. The van der Waals surface area contributed by atoms with Crippen LogP contribution in [0.2, 0.25) is 0 Å². The second-order valence-corrected chi connectivity index (χ2v) is 8.88. The average molecular weight is 480 g/mol. The van der Waals surface area contributed by atoms with Crippen LogP contribution in [-0.4, -0.2) is 59.2 Å². The number of hydrogen-bond acceptors (Lipinski definition) is 5. The second kappa shape index (κ2) is 12.1. The van der Waals surface area contributed by atoms with Crippen LogP contribution in [0.25, 0.3) is 0 Å². The Bertz CT molecular complexity index is 1030. The number of carbonyl (C=O) groups is 4. The van der Waals surface area contributed by atoms with Crippen molar-refractivity contribution in [1.29, 1.82) is 0 Å². The van der Waals surface area contributed by atoms with E-state index < -0.39 is 41.9 Å². The molecule has 0 radical (unpaired) electrons. The average Bonchev–Trinajstić information content (AvgIpc) is 3.34. The summed E-state index contributed by atoms with van der Waals surface area (Å²) in [5.74, 6) is -1.92. The highest BCUT2D eigenvalue weighted by atomic mass is 16.2. The molecule has 186 valence electrons. The first-order chi connectivity index (χ1) is 16.8. The summed E-state index contributed by atoms with van der Waals surface area (Å²) in [4.78, 5) is 52.5. The van der Waals surface area contributed by atoms with Crippen molar-refractivity contribution in [2.24, 2.45) is 11.5 Å². The first-order valence-electron chi connectivity index (χ1n) is 11.8. The molecule has 9 heteroatoms. The third-order valence-electron chi connectivity index (χ3n) is 6.09. The molecule has 2 aromatic carbocycles. The number of nitrogens with zero attached hydrogens (tertiary/aromatic N) is 1. The molecule has 4 amide bonds. The predicted molar refractivity (Wildman–Crippen MR) is 132 cm³/mol. The van der Waals surface area contributed by atoms with E-state index in [2.05, 4.69) is 10.6 Å². The lowest BCUT2D eigenvalue weighted by atomic mass is 10.0. The molecule has 1 aliphatic rings. The number of hydrogen-bond donors (Lipinski definition) is 4. The first kappa shape index (κ1) is 25.9. The molecule has 2 aromatic rings. The number of rotatable bonds is 10. The van der Waals surface area contributed by atoms with Gasteiger partial charge >= 0.3 is 0 Å². The van der Waals surface area contributed by atoms with Crippen LogP contribution in [-0.2, 0) is 32.0 Å². The number of benzene rings is 2. The van der Waals surface area contributed by atoms with Crippen molar-refractivity contribution in [1.82, 2.24) is 15.5 Å². The number of likely N-dealkylation sites (tertiary alicyclic amines) is 1. The fraction of sp³-hybridized carbons (Fsp3) is 0.385. The van der Waals surface area contributed by atoms with Gasteiger partial charge in [-0.1, -0.05) is 60.7 Å². The molecular weight excluding hydrogens is 446 g/mol. The van der Waals surface area contributed by atoms with Gasteiger partial charge in [0.1, 0.15) is 18.1 Å². The molecule has 0 bridgehead atoms. The van der Waals surface area contributed by atoms with E-state index in [0.717, 1.165) is 11.1 Å². The van der Waals surface area contributed by atoms with E-state index in [1.165, 1.54) is 4.90 Å². The van der Waals surface area contributed by atoms with Crippen LogP contribution < -0.4 is 22.1 Å². The van der Waals surface area contributed by atoms with Gasteiger partial charge < -0.3 is 27.0 Å². The normalized spacial score (nSPS) is 17.8. The molecule has 0 aromatic heterocycles. The molecule has 9 nitrogen and oxygen atoms in total. The highest BCUT2D eigenvalue weighted by molar-refractivity contribution is 5.95. The minimum absolute atomic E-state index is 0.211. The summed E-state index contributed by atoms with van der Waals surface area (Å²) in [6, 6.07) is 15.1. The first-order valence-corrected chi connectivity index (χ1v) is 11.8. The molecule has 1 aliphatic heterocycles. The molecule has 6 N–H and O–H groups in total. The van der Waals surface area contributed by atoms with E-state index >= 15 is 0 Å². The predicted octanol–water partition coefficient (Wildman–Crippen LogP) is 0.265. The van der Waals surface area contributed by atoms with E-state index in [-0.39, 0.29) is 18.7 Å². The SMILES string of the molecule is C[C@H](N)C(=O)N1CCC[C@H]1C(=O)N[C@@H](Cc1ccccc1)C(=O)N[C@@H](Cc1ccccc1)C(N)=O. The topological polar surface area (TPSA) is 148 Å². The van der Waals surface area contributed by atoms with Crippen LogP contribution >= 0.6 is 0 Å². The molecule has 35 heavy (non-hydrogen) atoms. The number of nitrogens with one attached hydrogen (secondary N) is 2. The van der Waals surface area contributed by atoms with E-state index in [4.69, 9.17) is 11.5 Å². The lowest BCUT2D eigenvalue weighted by Crippen LogP contribution is -2.57. The Kier molecular flexibility index (Phi) is 8.97. The zero-order valence-electron chi connectivity index (χ0n) is 19.9. The van der Waals surface area contributed by atoms with Gasteiger partial charge in [-0.15, -0.1) is 0 Å². The third kappa shape index (κ3) is 7.13. The summed E-state index contributed by atoms with van der Waals surface area (Å²) >= 11 is 0.